The summed E-state index contributed by atoms with van der Waals surface area (Å²) in [7, 11) is 1.30. The summed E-state index contributed by atoms with van der Waals surface area (Å²) in [6.07, 6.45) is 3.15. The number of allylic oxidation sites excluding steroid dienone is 1. The first-order chi connectivity index (χ1) is 22.1. The molecule has 0 bridgehead atoms. The van der Waals surface area contributed by atoms with Crippen molar-refractivity contribution in [3.8, 4) is 16.9 Å². The Kier molecular flexibility index (Phi) is 8.33. The normalized spacial score (nSPS) is 14.7. The van der Waals surface area contributed by atoms with Gasteiger partial charge in [-0.1, -0.05) is 41.7 Å². The van der Waals surface area contributed by atoms with Gasteiger partial charge in [-0.3, -0.25) is 9.36 Å². The van der Waals surface area contributed by atoms with Crippen LogP contribution in [-0.2, 0) is 14.3 Å². The van der Waals surface area contributed by atoms with E-state index in [-0.39, 0.29) is 16.9 Å². The summed E-state index contributed by atoms with van der Waals surface area (Å²) in [5.41, 5.74) is 3.87. The Morgan fingerprint density at radius 1 is 0.978 bits per heavy atom. The molecule has 0 saturated heterocycles. The zero-order chi connectivity index (χ0) is 32.5. The Balaban J connectivity index is 1.54. The van der Waals surface area contributed by atoms with Gasteiger partial charge in [-0.05, 0) is 80.9 Å². The van der Waals surface area contributed by atoms with E-state index in [0.717, 1.165) is 5.69 Å². The van der Waals surface area contributed by atoms with Gasteiger partial charge in [0.05, 0.1) is 46.3 Å². The Bertz CT molecular complexity index is 2160. The van der Waals surface area contributed by atoms with Crippen LogP contribution in [0.15, 0.2) is 106 Å². The molecule has 1 unspecified atom stereocenters. The van der Waals surface area contributed by atoms with Crippen molar-refractivity contribution in [2.45, 2.75) is 32.9 Å². The van der Waals surface area contributed by atoms with Crippen molar-refractivity contribution in [1.82, 2.24) is 14.3 Å². The second-order valence-electron chi connectivity index (χ2n) is 10.9. The largest absolute Gasteiger partial charge is 0.465 e. The number of aromatic nitrogens is 3. The summed E-state index contributed by atoms with van der Waals surface area (Å²) in [6, 6.07) is 21.2. The van der Waals surface area contributed by atoms with Crippen LogP contribution >= 0.6 is 11.3 Å². The number of benzene rings is 3. The smallest absolute Gasteiger partial charge is 0.338 e. The molecule has 3 heterocycles. The standard InChI is InChI=1S/C35H29FN4O5S/c1-20(2)45-34(43)29-21(3)37-35-40(31(29)23-10-12-24(13-11-23)33(42)44-4)32(41)28(46-35)18-25-19-39(27-8-6-5-7-9-27)38-30(25)22-14-16-26(36)17-15-22/h5-20,31H,1-4H3. The number of rotatable bonds is 7. The van der Waals surface area contributed by atoms with Gasteiger partial charge >= 0.3 is 11.9 Å². The first-order valence-electron chi connectivity index (χ1n) is 14.5. The highest BCUT2D eigenvalue weighted by Crippen LogP contribution is 2.31. The Labute approximate surface area is 267 Å². The minimum atomic E-state index is -0.861. The fraction of sp³-hybridized carbons (Fsp3) is 0.171. The van der Waals surface area contributed by atoms with Crippen molar-refractivity contribution in [3.63, 3.8) is 0 Å². The van der Waals surface area contributed by atoms with E-state index in [9.17, 15) is 18.8 Å². The topological polar surface area (TPSA) is 105 Å². The van der Waals surface area contributed by atoms with Gasteiger partial charge in [0.15, 0.2) is 4.80 Å². The molecule has 0 aliphatic carbocycles. The van der Waals surface area contributed by atoms with Gasteiger partial charge in [-0.2, -0.15) is 5.10 Å². The van der Waals surface area contributed by atoms with Crippen molar-refractivity contribution in [2.75, 3.05) is 7.11 Å². The third kappa shape index (κ3) is 5.84. The molecule has 9 nitrogen and oxygen atoms in total. The second-order valence-corrected chi connectivity index (χ2v) is 11.9. The van der Waals surface area contributed by atoms with Crippen LogP contribution in [0.1, 0.15) is 48.3 Å². The van der Waals surface area contributed by atoms with E-state index < -0.39 is 24.1 Å². The van der Waals surface area contributed by atoms with Gasteiger partial charge in [-0.15, -0.1) is 0 Å². The molecule has 0 N–H and O–H groups in total. The second kappa shape index (κ2) is 12.5. The average Bonchev–Trinajstić information content (AvgIpc) is 3.61. The number of para-hydroxylation sites is 1. The lowest BCUT2D eigenvalue weighted by atomic mass is 9.95. The lowest BCUT2D eigenvalue weighted by molar-refractivity contribution is -0.143. The highest BCUT2D eigenvalue weighted by molar-refractivity contribution is 7.07. The van der Waals surface area contributed by atoms with Crippen molar-refractivity contribution in [2.24, 2.45) is 4.99 Å². The number of ether oxygens (including phenoxy) is 2. The first-order valence-corrected chi connectivity index (χ1v) is 15.3. The van der Waals surface area contributed by atoms with Crippen molar-refractivity contribution in [3.05, 3.63) is 139 Å². The van der Waals surface area contributed by atoms with Gasteiger partial charge in [0.25, 0.3) is 5.56 Å². The number of carbonyl (C=O) groups excluding carboxylic acids is 2. The summed E-state index contributed by atoms with van der Waals surface area (Å²) >= 11 is 1.18. The van der Waals surface area contributed by atoms with E-state index in [1.165, 1.54) is 35.1 Å². The first kappa shape index (κ1) is 30.6. The van der Waals surface area contributed by atoms with Crippen LogP contribution in [0.3, 0.4) is 0 Å². The fourth-order valence-corrected chi connectivity index (χ4v) is 6.31. The number of esters is 2. The quantitative estimate of drug-likeness (QED) is 0.234. The number of carbonyl (C=O) groups is 2. The minimum absolute atomic E-state index is 0.224. The Hall–Kier alpha value is -5.42. The van der Waals surface area contributed by atoms with E-state index >= 15 is 0 Å². The van der Waals surface area contributed by atoms with E-state index in [4.69, 9.17) is 14.6 Å². The molecule has 1 aliphatic heterocycles. The lowest BCUT2D eigenvalue weighted by Gasteiger charge is -2.25. The lowest BCUT2D eigenvalue weighted by Crippen LogP contribution is -2.40. The highest BCUT2D eigenvalue weighted by atomic mass is 32.1. The maximum Gasteiger partial charge on any atom is 0.338 e. The van der Waals surface area contributed by atoms with E-state index in [1.807, 2.05) is 36.5 Å². The fourth-order valence-electron chi connectivity index (χ4n) is 5.27. The van der Waals surface area contributed by atoms with E-state index in [1.54, 1.807) is 67.9 Å². The van der Waals surface area contributed by atoms with Crippen molar-refractivity contribution >= 4 is 29.4 Å². The van der Waals surface area contributed by atoms with Gasteiger partial charge in [0, 0.05) is 17.3 Å². The molecule has 232 valence electrons. The zero-order valence-corrected chi connectivity index (χ0v) is 26.2. The maximum absolute atomic E-state index is 14.2. The van der Waals surface area contributed by atoms with E-state index in [2.05, 4.69) is 4.99 Å². The molecule has 1 aliphatic rings. The van der Waals surface area contributed by atoms with Gasteiger partial charge in [-0.25, -0.2) is 23.7 Å². The van der Waals surface area contributed by atoms with Crippen LogP contribution in [0, 0.1) is 5.82 Å². The Morgan fingerprint density at radius 2 is 1.67 bits per heavy atom. The molecule has 6 rings (SSSR count). The highest BCUT2D eigenvalue weighted by Gasteiger charge is 2.34. The molecule has 11 heteroatoms. The van der Waals surface area contributed by atoms with Gasteiger partial charge in [0.1, 0.15) is 11.5 Å². The molecule has 0 radical (unpaired) electrons. The summed E-state index contributed by atoms with van der Waals surface area (Å²) in [4.78, 5) is 44.9. The number of hydrogen-bond donors (Lipinski definition) is 0. The molecular weight excluding hydrogens is 607 g/mol. The molecule has 0 amide bonds. The number of hydrogen-bond acceptors (Lipinski definition) is 8. The molecule has 5 aromatic rings. The number of fused-ring (bicyclic) bond motifs is 1. The summed E-state index contributed by atoms with van der Waals surface area (Å²) in [5.74, 6) is -1.46. The van der Waals surface area contributed by atoms with Crippen molar-refractivity contribution in [1.29, 1.82) is 0 Å². The average molecular weight is 637 g/mol. The summed E-state index contributed by atoms with van der Waals surface area (Å²) < 4.78 is 27.8. The van der Waals surface area contributed by atoms with Gasteiger partial charge < -0.3 is 9.47 Å². The molecule has 0 spiro atoms. The molecule has 0 saturated carbocycles. The van der Waals surface area contributed by atoms with E-state index in [0.29, 0.717) is 43.0 Å². The number of nitrogens with zero attached hydrogens (tertiary/aromatic N) is 4. The molecule has 3 aromatic carbocycles. The molecule has 1 atom stereocenters. The predicted molar refractivity (Wildman–Crippen MR) is 172 cm³/mol. The molecule has 0 fully saturated rings. The van der Waals surface area contributed by atoms with Crippen LogP contribution in [0.5, 0.6) is 0 Å². The number of methoxy groups -OCH3 is 1. The maximum atomic E-state index is 14.2. The molecule has 2 aromatic heterocycles. The van der Waals surface area contributed by atoms with Gasteiger partial charge in [0.2, 0.25) is 0 Å². The predicted octanol–water partition coefficient (Wildman–Crippen LogP) is 4.97. The third-order valence-electron chi connectivity index (χ3n) is 7.40. The third-order valence-corrected chi connectivity index (χ3v) is 8.38. The van der Waals surface area contributed by atoms with Crippen LogP contribution in [-0.4, -0.2) is 39.5 Å². The molecular formula is C35H29FN4O5S. The Morgan fingerprint density at radius 3 is 2.33 bits per heavy atom. The summed E-state index contributed by atoms with van der Waals surface area (Å²) in [5, 5.41) is 4.78. The van der Waals surface area contributed by atoms with Crippen LogP contribution in [0.2, 0.25) is 0 Å². The number of thiazole rings is 1. The van der Waals surface area contributed by atoms with Crippen LogP contribution in [0.25, 0.3) is 23.0 Å². The molecule has 46 heavy (non-hydrogen) atoms. The SMILES string of the molecule is COC(=O)c1ccc(C2C(C(=O)OC(C)C)=C(C)N=c3sc(=Cc4cn(-c5ccccc5)nc4-c4ccc(F)cc4)c(=O)n32)cc1. The monoisotopic (exact) mass is 636 g/mol. The zero-order valence-electron chi connectivity index (χ0n) is 25.4. The number of halogens is 1. The summed E-state index contributed by atoms with van der Waals surface area (Å²) in [6.45, 7) is 5.20. The minimum Gasteiger partial charge on any atom is -0.465 e. The van der Waals surface area contributed by atoms with Crippen LogP contribution in [0.4, 0.5) is 4.39 Å². The van der Waals surface area contributed by atoms with Crippen LogP contribution < -0.4 is 14.9 Å². The van der Waals surface area contributed by atoms with Crippen molar-refractivity contribution < 1.29 is 23.5 Å².